The Balaban J connectivity index is 1.98. The first kappa shape index (κ1) is 12.8. The molecule has 1 aromatic carbocycles. The monoisotopic (exact) mass is 244 g/mol. The lowest BCUT2D eigenvalue weighted by molar-refractivity contribution is 0.645. The number of benzene rings is 1. The Morgan fingerprint density at radius 3 is 2.33 bits per heavy atom. The molecule has 0 aliphatic rings. The second-order valence-corrected chi connectivity index (χ2v) is 4.82. The van der Waals surface area contributed by atoms with Crippen molar-refractivity contribution in [3.63, 3.8) is 0 Å². The number of nitrogens with zero attached hydrogens (tertiary/aromatic N) is 3. The molecular weight excluding hydrogens is 224 g/mol. The van der Waals surface area contributed by atoms with Crippen LogP contribution in [0.2, 0.25) is 0 Å². The van der Waals surface area contributed by atoms with Gasteiger partial charge in [-0.05, 0) is 37.5 Å². The first-order valence-electron chi connectivity index (χ1n) is 6.18. The van der Waals surface area contributed by atoms with Gasteiger partial charge in [0.15, 0.2) is 5.82 Å². The first-order valence-corrected chi connectivity index (χ1v) is 6.18. The molecule has 0 atom stereocenters. The van der Waals surface area contributed by atoms with Gasteiger partial charge in [-0.1, -0.05) is 17.7 Å². The van der Waals surface area contributed by atoms with Gasteiger partial charge < -0.3 is 5.32 Å². The highest BCUT2D eigenvalue weighted by molar-refractivity contribution is 5.37. The van der Waals surface area contributed by atoms with Crippen molar-refractivity contribution in [2.75, 3.05) is 0 Å². The van der Waals surface area contributed by atoms with Crippen LogP contribution in [0.5, 0.6) is 0 Å². The van der Waals surface area contributed by atoms with E-state index in [1.165, 1.54) is 22.3 Å². The second kappa shape index (κ2) is 5.31. The molecule has 4 nitrogen and oxygen atoms in total. The topological polar surface area (TPSA) is 42.7 Å². The van der Waals surface area contributed by atoms with E-state index in [4.69, 9.17) is 0 Å². The van der Waals surface area contributed by atoms with Crippen LogP contribution in [0.4, 0.5) is 0 Å². The molecule has 4 heteroatoms. The van der Waals surface area contributed by atoms with Crippen molar-refractivity contribution in [3.05, 3.63) is 46.5 Å². The SMILES string of the molecule is Cc1cc(C)c(CNCc2ncn(C)n2)c(C)c1. The van der Waals surface area contributed by atoms with E-state index >= 15 is 0 Å². The van der Waals surface area contributed by atoms with Crippen LogP contribution in [0.1, 0.15) is 28.1 Å². The van der Waals surface area contributed by atoms with Crippen LogP contribution < -0.4 is 5.32 Å². The van der Waals surface area contributed by atoms with Crippen LogP contribution in [0, 0.1) is 20.8 Å². The van der Waals surface area contributed by atoms with Crippen molar-refractivity contribution in [1.29, 1.82) is 0 Å². The standard InChI is InChI=1S/C14H20N4/c1-10-5-11(2)13(12(3)6-10)7-15-8-14-16-9-18(4)17-14/h5-6,9,15H,7-8H2,1-4H3. The minimum Gasteiger partial charge on any atom is -0.306 e. The summed E-state index contributed by atoms with van der Waals surface area (Å²) in [6, 6.07) is 4.45. The summed E-state index contributed by atoms with van der Waals surface area (Å²) < 4.78 is 1.72. The normalized spacial score (nSPS) is 10.9. The lowest BCUT2D eigenvalue weighted by Gasteiger charge is -2.11. The smallest absolute Gasteiger partial charge is 0.164 e. The highest BCUT2D eigenvalue weighted by Crippen LogP contribution is 2.16. The molecule has 0 aliphatic heterocycles. The van der Waals surface area contributed by atoms with E-state index in [1.54, 1.807) is 11.0 Å². The van der Waals surface area contributed by atoms with Crippen molar-refractivity contribution in [2.24, 2.45) is 7.05 Å². The summed E-state index contributed by atoms with van der Waals surface area (Å²) in [6.07, 6.45) is 1.72. The molecule has 0 unspecified atom stereocenters. The van der Waals surface area contributed by atoms with Gasteiger partial charge in [-0.15, -0.1) is 0 Å². The lowest BCUT2D eigenvalue weighted by Crippen LogP contribution is -2.15. The molecule has 96 valence electrons. The summed E-state index contributed by atoms with van der Waals surface area (Å²) in [5, 5.41) is 7.64. The maximum Gasteiger partial charge on any atom is 0.164 e. The molecule has 0 bridgehead atoms. The number of nitrogens with one attached hydrogen (secondary N) is 1. The fourth-order valence-electron chi connectivity index (χ4n) is 2.25. The molecule has 1 heterocycles. The largest absolute Gasteiger partial charge is 0.306 e. The van der Waals surface area contributed by atoms with Gasteiger partial charge in [0.1, 0.15) is 6.33 Å². The number of rotatable bonds is 4. The van der Waals surface area contributed by atoms with Crippen molar-refractivity contribution in [2.45, 2.75) is 33.9 Å². The Morgan fingerprint density at radius 2 is 1.78 bits per heavy atom. The van der Waals surface area contributed by atoms with Crippen LogP contribution in [0.15, 0.2) is 18.5 Å². The molecule has 0 amide bonds. The molecule has 0 saturated carbocycles. The highest BCUT2D eigenvalue weighted by atomic mass is 15.3. The number of aryl methyl sites for hydroxylation is 4. The molecule has 0 saturated heterocycles. The van der Waals surface area contributed by atoms with Gasteiger partial charge in [0, 0.05) is 13.6 Å². The summed E-state index contributed by atoms with van der Waals surface area (Å²) in [6.45, 7) is 8.02. The predicted molar refractivity (Wildman–Crippen MR) is 72.2 cm³/mol. The Kier molecular flexibility index (Phi) is 3.77. The van der Waals surface area contributed by atoms with E-state index in [-0.39, 0.29) is 0 Å². The minimum absolute atomic E-state index is 0.702. The third-order valence-corrected chi connectivity index (χ3v) is 3.07. The average molecular weight is 244 g/mol. The number of aromatic nitrogens is 3. The van der Waals surface area contributed by atoms with Crippen molar-refractivity contribution in [1.82, 2.24) is 20.1 Å². The summed E-state index contributed by atoms with van der Waals surface area (Å²) in [4.78, 5) is 4.20. The third-order valence-electron chi connectivity index (χ3n) is 3.07. The van der Waals surface area contributed by atoms with E-state index in [1.807, 2.05) is 7.05 Å². The van der Waals surface area contributed by atoms with E-state index in [0.29, 0.717) is 6.54 Å². The fraction of sp³-hybridized carbons (Fsp3) is 0.429. The van der Waals surface area contributed by atoms with Gasteiger partial charge in [0.2, 0.25) is 0 Å². The van der Waals surface area contributed by atoms with Gasteiger partial charge in [0.05, 0.1) is 6.54 Å². The zero-order chi connectivity index (χ0) is 13.1. The van der Waals surface area contributed by atoms with Gasteiger partial charge in [-0.2, -0.15) is 5.10 Å². The molecule has 18 heavy (non-hydrogen) atoms. The molecule has 2 rings (SSSR count). The molecule has 0 aliphatic carbocycles. The predicted octanol–water partition coefficient (Wildman–Crippen LogP) is 2.03. The molecule has 1 aromatic heterocycles. The lowest BCUT2D eigenvalue weighted by atomic mass is 10.00. The highest BCUT2D eigenvalue weighted by Gasteiger charge is 2.04. The van der Waals surface area contributed by atoms with Gasteiger partial charge in [0.25, 0.3) is 0 Å². The zero-order valence-electron chi connectivity index (χ0n) is 11.5. The maximum atomic E-state index is 4.24. The summed E-state index contributed by atoms with van der Waals surface area (Å²) in [5.41, 5.74) is 5.37. The van der Waals surface area contributed by atoms with Crippen molar-refractivity contribution < 1.29 is 0 Å². The fourth-order valence-corrected chi connectivity index (χ4v) is 2.25. The molecular formula is C14H20N4. The van der Waals surface area contributed by atoms with E-state index in [0.717, 1.165) is 12.4 Å². The van der Waals surface area contributed by atoms with Crippen molar-refractivity contribution in [3.8, 4) is 0 Å². The molecule has 0 radical (unpaired) electrons. The quantitative estimate of drug-likeness (QED) is 0.895. The Morgan fingerprint density at radius 1 is 1.11 bits per heavy atom. The number of hydrogen-bond acceptors (Lipinski definition) is 3. The average Bonchev–Trinajstić information content (AvgIpc) is 2.68. The van der Waals surface area contributed by atoms with E-state index in [9.17, 15) is 0 Å². The summed E-state index contributed by atoms with van der Waals surface area (Å²) >= 11 is 0. The maximum absolute atomic E-state index is 4.24. The van der Waals surface area contributed by atoms with Crippen LogP contribution in [-0.2, 0) is 20.1 Å². The van der Waals surface area contributed by atoms with Crippen molar-refractivity contribution >= 4 is 0 Å². The first-order chi connectivity index (χ1) is 8.56. The van der Waals surface area contributed by atoms with Crippen LogP contribution in [0.3, 0.4) is 0 Å². The zero-order valence-corrected chi connectivity index (χ0v) is 11.5. The van der Waals surface area contributed by atoms with Gasteiger partial charge in [-0.25, -0.2) is 4.98 Å². The van der Waals surface area contributed by atoms with E-state index in [2.05, 4.69) is 48.3 Å². The minimum atomic E-state index is 0.702. The van der Waals surface area contributed by atoms with E-state index < -0.39 is 0 Å². The van der Waals surface area contributed by atoms with Gasteiger partial charge in [-0.3, -0.25) is 4.68 Å². The van der Waals surface area contributed by atoms with Crippen LogP contribution in [-0.4, -0.2) is 14.8 Å². The Labute approximate surface area is 108 Å². The van der Waals surface area contributed by atoms with Gasteiger partial charge >= 0.3 is 0 Å². The molecule has 0 fully saturated rings. The Bertz CT molecular complexity index is 519. The summed E-state index contributed by atoms with van der Waals surface area (Å²) in [5.74, 6) is 0.833. The Hall–Kier alpha value is -1.68. The molecule has 0 spiro atoms. The third kappa shape index (κ3) is 2.96. The molecule has 1 N–H and O–H groups in total. The van der Waals surface area contributed by atoms with Crippen LogP contribution >= 0.6 is 0 Å². The number of hydrogen-bond donors (Lipinski definition) is 1. The van der Waals surface area contributed by atoms with Crippen LogP contribution in [0.25, 0.3) is 0 Å². The second-order valence-electron chi connectivity index (χ2n) is 4.82. The molecule has 2 aromatic rings. The summed E-state index contributed by atoms with van der Waals surface area (Å²) in [7, 11) is 1.88.